The van der Waals surface area contributed by atoms with Crippen LogP contribution in [0.2, 0.25) is 0 Å². The molecule has 0 saturated carbocycles. The predicted octanol–water partition coefficient (Wildman–Crippen LogP) is 2.89. The molecule has 0 atom stereocenters. The maximum Gasteiger partial charge on any atom is 0.188 e. The van der Waals surface area contributed by atoms with Crippen LogP contribution in [0.5, 0.6) is 11.5 Å². The largest absolute Gasteiger partial charge is 0.493 e. The Balaban J connectivity index is 2.33. The predicted molar refractivity (Wildman–Crippen MR) is 99.7 cm³/mol. The van der Waals surface area contributed by atoms with E-state index in [0.29, 0.717) is 24.0 Å². The standard InChI is InChI=1S/C17H29N3O2S/c1-13(2)12-23-9-5-8-19-17(18)20-11-14-6-7-15(21-3)16(10-14)22-4/h6-7,10,13H,5,8-9,11-12H2,1-4H3,(H3,18,19,20). The van der Waals surface area contributed by atoms with E-state index < -0.39 is 0 Å². The molecule has 6 heteroatoms. The number of nitrogens with two attached hydrogens (primary N) is 1. The van der Waals surface area contributed by atoms with Crippen molar-refractivity contribution in [1.82, 2.24) is 5.32 Å². The van der Waals surface area contributed by atoms with Crippen molar-refractivity contribution in [3.8, 4) is 11.5 Å². The van der Waals surface area contributed by atoms with E-state index in [1.807, 2.05) is 30.0 Å². The normalized spacial score (nSPS) is 11.6. The number of nitrogens with zero attached hydrogens (tertiary/aromatic N) is 1. The Kier molecular flexibility index (Phi) is 9.36. The second-order valence-corrected chi connectivity index (χ2v) is 6.79. The number of rotatable bonds is 10. The van der Waals surface area contributed by atoms with E-state index in [2.05, 4.69) is 24.2 Å². The van der Waals surface area contributed by atoms with Gasteiger partial charge in [0.15, 0.2) is 17.5 Å². The molecule has 0 aliphatic heterocycles. The Hall–Kier alpha value is -1.56. The monoisotopic (exact) mass is 339 g/mol. The molecule has 0 aromatic heterocycles. The maximum absolute atomic E-state index is 5.89. The topological polar surface area (TPSA) is 68.9 Å². The number of hydrogen-bond donors (Lipinski definition) is 2. The first-order chi connectivity index (χ1) is 11.1. The van der Waals surface area contributed by atoms with Crippen LogP contribution in [-0.4, -0.2) is 38.2 Å². The average molecular weight is 340 g/mol. The van der Waals surface area contributed by atoms with Gasteiger partial charge in [-0.2, -0.15) is 11.8 Å². The summed E-state index contributed by atoms with van der Waals surface area (Å²) in [5.74, 6) is 5.01. The number of ether oxygens (including phenoxy) is 2. The lowest BCUT2D eigenvalue weighted by Gasteiger charge is -2.09. The fraction of sp³-hybridized carbons (Fsp3) is 0.588. The Morgan fingerprint density at radius 2 is 2.00 bits per heavy atom. The van der Waals surface area contributed by atoms with E-state index in [1.54, 1.807) is 14.2 Å². The molecule has 0 saturated heterocycles. The van der Waals surface area contributed by atoms with Crippen LogP contribution in [-0.2, 0) is 6.54 Å². The van der Waals surface area contributed by atoms with Gasteiger partial charge in [-0.25, -0.2) is 4.99 Å². The Bertz CT molecular complexity index is 493. The van der Waals surface area contributed by atoms with Gasteiger partial charge in [0.25, 0.3) is 0 Å². The molecular weight excluding hydrogens is 310 g/mol. The lowest BCUT2D eigenvalue weighted by molar-refractivity contribution is 0.354. The fourth-order valence-electron chi connectivity index (χ4n) is 1.92. The highest BCUT2D eigenvalue weighted by molar-refractivity contribution is 7.99. The van der Waals surface area contributed by atoms with Crippen molar-refractivity contribution in [2.24, 2.45) is 16.6 Å². The van der Waals surface area contributed by atoms with Crippen LogP contribution in [0.25, 0.3) is 0 Å². The molecule has 130 valence electrons. The number of aliphatic imine (C=N–C) groups is 1. The minimum absolute atomic E-state index is 0.480. The van der Waals surface area contributed by atoms with Crippen molar-refractivity contribution >= 4 is 17.7 Å². The first kappa shape index (κ1) is 19.5. The first-order valence-corrected chi connectivity index (χ1v) is 9.04. The zero-order chi connectivity index (χ0) is 17.1. The highest BCUT2D eigenvalue weighted by atomic mass is 32.2. The van der Waals surface area contributed by atoms with Gasteiger partial charge in [-0.3, -0.25) is 0 Å². The molecular formula is C17H29N3O2S. The van der Waals surface area contributed by atoms with Crippen molar-refractivity contribution in [1.29, 1.82) is 0 Å². The van der Waals surface area contributed by atoms with Gasteiger partial charge in [0.05, 0.1) is 20.8 Å². The minimum atomic E-state index is 0.480. The van der Waals surface area contributed by atoms with Crippen molar-refractivity contribution in [2.75, 3.05) is 32.3 Å². The Morgan fingerprint density at radius 1 is 1.26 bits per heavy atom. The van der Waals surface area contributed by atoms with Crippen LogP contribution in [0, 0.1) is 5.92 Å². The van der Waals surface area contributed by atoms with E-state index in [0.717, 1.165) is 30.2 Å². The first-order valence-electron chi connectivity index (χ1n) is 7.89. The third kappa shape index (κ3) is 8.02. The molecule has 23 heavy (non-hydrogen) atoms. The highest BCUT2D eigenvalue weighted by Gasteiger charge is 2.04. The molecule has 0 aliphatic rings. The molecule has 0 aliphatic carbocycles. The van der Waals surface area contributed by atoms with Crippen molar-refractivity contribution in [3.63, 3.8) is 0 Å². The van der Waals surface area contributed by atoms with Crippen LogP contribution in [0.3, 0.4) is 0 Å². The molecule has 3 N–H and O–H groups in total. The molecule has 1 rings (SSSR count). The summed E-state index contributed by atoms with van der Waals surface area (Å²) < 4.78 is 10.5. The summed E-state index contributed by atoms with van der Waals surface area (Å²) >= 11 is 1.98. The quantitative estimate of drug-likeness (QED) is 0.390. The Labute approximate surface area is 144 Å². The molecule has 1 aromatic carbocycles. The number of hydrogen-bond acceptors (Lipinski definition) is 4. The van der Waals surface area contributed by atoms with E-state index in [4.69, 9.17) is 15.2 Å². The van der Waals surface area contributed by atoms with Crippen LogP contribution in [0.15, 0.2) is 23.2 Å². The zero-order valence-corrected chi connectivity index (χ0v) is 15.4. The molecule has 0 bridgehead atoms. The summed E-state index contributed by atoms with van der Waals surface area (Å²) in [6, 6.07) is 5.75. The zero-order valence-electron chi connectivity index (χ0n) is 14.6. The van der Waals surface area contributed by atoms with Crippen molar-refractivity contribution in [3.05, 3.63) is 23.8 Å². The fourth-order valence-corrected chi connectivity index (χ4v) is 2.91. The maximum atomic E-state index is 5.89. The number of thioether (sulfide) groups is 1. The van der Waals surface area contributed by atoms with E-state index in [-0.39, 0.29) is 0 Å². The van der Waals surface area contributed by atoms with Gasteiger partial charge in [-0.05, 0) is 41.5 Å². The highest BCUT2D eigenvalue weighted by Crippen LogP contribution is 2.27. The lowest BCUT2D eigenvalue weighted by Crippen LogP contribution is -2.32. The van der Waals surface area contributed by atoms with E-state index in [9.17, 15) is 0 Å². The second kappa shape index (κ2) is 11.0. The molecule has 0 fully saturated rings. The summed E-state index contributed by atoms with van der Waals surface area (Å²) in [5.41, 5.74) is 6.91. The van der Waals surface area contributed by atoms with Gasteiger partial charge in [0.1, 0.15) is 0 Å². The Morgan fingerprint density at radius 3 is 2.65 bits per heavy atom. The smallest absolute Gasteiger partial charge is 0.188 e. The summed E-state index contributed by atoms with van der Waals surface area (Å²) in [4.78, 5) is 4.35. The van der Waals surface area contributed by atoms with E-state index in [1.165, 1.54) is 5.75 Å². The number of benzene rings is 1. The van der Waals surface area contributed by atoms with Crippen LogP contribution in [0.4, 0.5) is 0 Å². The number of methoxy groups -OCH3 is 2. The van der Waals surface area contributed by atoms with Crippen LogP contribution >= 0.6 is 11.8 Å². The summed E-state index contributed by atoms with van der Waals surface area (Å²) in [6.45, 7) is 5.85. The van der Waals surface area contributed by atoms with Gasteiger partial charge in [0.2, 0.25) is 0 Å². The molecule has 0 radical (unpaired) electrons. The molecule has 0 heterocycles. The molecule has 0 spiro atoms. The number of guanidine groups is 1. The van der Waals surface area contributed by atoms with Crippen molar-refractivity contribution in [2.45, 2.75) is 26.8 Å². The average Bonchev–Trinajstić information content (AvgIpc) is 2.55. The lowest BCUT2D eigenvalue weighted by atomic mass is 10.2. The van der Waals surface area contributed by atoms with Gasteiger partial charge in [-0.1, -0.05) is 19.9 Å². The minimum Gasteiger partial charge on any atom is -0.493 e. The van der Waals surface area contributed by atoms with E-state index >= 15 is 0 Å². The second-order valence-electron chi connectivity index (χ2n) is 5.64. The van der Waals surface area contributed by atoms with Crippen LogP contribution in [0.1, 0.15) is 25.8 Å². The van der Waals surface area contributed by atoms with Crippen LogP contribution < -0.4 is 20.5 Å². The number of nitrogens with one attached hydrogen (secondary N) is 1. The van der Waals surface area contributed by atoms with Gasteiger partial charge in [-0.15, -0.1) is 0 Å². The molecule has 1 aromatic rings. The van der Waals surface area contributed by atoms with Gasteiger partial charge in [0, 0.05) is 6.54 Å². The summed E-state index contributed by atoms with van der Waals surface area (Å²) in [5, 5.41) is 3.15. The molecule has 5 nitrogen and oxygen atoms in total. The molecule has 0 amide bonds. The summed E-state index contributed by atoms with van der Waals surface area (Å²) in [6.07, 6.45) is 1.09. The molecule has 0 unspecified atom stereocenters. The SMILES string of the molecule is COc1ccc(CN=C(N)NCCCSCC(C)C)cc1OC. The third-order valence-electron chi connectivity index (χ3n) is 3.10. The van der Waals surface area contributed by atoms with Crippen molar-refractivity contribution < 1.29 is 9.47 Å². The van der Waals surface area contributed by atoms with Gasteiger partial charge < -0.3 is 20.5 Å². The third-order valence-corrected chi connectivity index (χ3v) is 4.58. The van der Waals surface area contributed by atoms with Gasteiger partial charge >= 0.3 is 0 Å². The summed E-state index contributed by atoms with van der Waals surface area (Å²) in [7, 11) is 3.25.